The van der Waals surface area contributed by atoms with E-state index in [1.165, 1.54) is 19.3 Å². The van der Waals surface area contributed by atoms with E-state index in [1.54, 1.807) is 4.68 Å². The molecule has 5 heteroatoms. The minimum atomic E-state index is 0.362. The second-order valence-electron chi connectivity index (χ2n) is 3.12. The van der Waals surface area contributed by atoms with E-state index >= 15 is 0 Å². The number of halogens is 1. The Labute approximate surface area is 92.0 Å². The van der Waals surface area contributed by atoms with E-state index < -0.39 is 0 Å². The largest absolute Gasteiger partial charge is 0.237 e. The molecule has 0 saturated carbocycles. The van der Waals surface area contributed by atoms with Crippen LogP contribution in [0.15, 0.2) is 4.60 Å². The van der Waals surface area contributed by atoms with Crippen LogP contribution in [0.3, 0.4) is 0 Å². The zero-order valence-electron chi connectivity index (χ0n) is 8.20. The van der Waals surface area contributed by atoms with E-state index in [0.717, 1.165) is 13.0 Å². The fourth-order valence-electron chi connectivity index (χ4n) is 1.20. The van der Waals surface area contributed by atoms with E-state index in [9.17, 15) is 0 Å². The van der Waals surface area contributed by atoms with Crippen molar-refractivity contribution >= 4 is 15.9 Å². The van der Waals surface area contributed by atoms with Crippen molar-refractivity contribution in [2.24, 2.45) is 0 Å². The molecule has 0 unspecified atom stereocenters. The summed E-state index contributed by atoms with van der Waals surface area (Å²) in [5.74, 6) is 0. The van der Waals surface area contributed by atoms with E-state index in [-0.39, 0.29) is 0 Å². The quantitative estimate of drug-likeness (QED) is 0.761. The fourth-order valence-corrected chi connectivity index (χ4v) is 1.62. The van der Waals surface area contributed by atoms with Gasteiger partial charge < -0.3 is 0 Å². The number of nitriles is 1. The van der Waals surface area contributed by atoms with Gasteiger partial charge in [-0.05, 0) is 22.4 Å². The van der Waals surface area contributed by atoms with Crippen molar-refractivity contribution in [2.45, 2.75) is 39.2 Å². The smallest absolute Gasteiger partial charge is 0.197 e. The van der Waals surface area contributed by atoms with Gasteiger partial charge in [0.25, 0.3) is 0 Å². The Kier molecular flexibility index (Phi) is 4.60. The summed E-state index contributed by atoms with van der Waals surface area (Å²) in [6, 6.07) is 1.98. The Hall–Kier alpha value is -0.890. The van der Waals surface area contributed by atoms with Crippen LogP contribution in [-0.2, 0) is 6.54 Å². The van der Waals surface area contributed by atoms with Crippen LogP contribution < -0.4 is 0 Å². The SMILES string of the molecule is CCCCCCn1nnc(C#N)c1Br. The third kappa shape index (κ3) is 2.81. The summed E-state index contributed by atoms with van der Waals surface area (Å²) >= 11 is 3.30. The minimum absolute atomic E-state index is 0.362. The topological polar surface area (TPSA) is 54.5 Å². The van der Waals surface area contributed by atoms with Crippen LogP contribution in [0.25, 0.3) is 0 Å². The van der Waals surface area contributed by atoms with Gasteiger partial charge in [-0.15, -0.1) is 5.10 Å². The molecule has 0 N–H and O–H groups in total. The Balaban J connectivity index is 2.44. The van der Waals surface area contributed by atoms with E-state index in [1.807, 2.05) is 6.07 Å². The molecule has 0 aliphatic heterocycles. The highest BCUT2D eigenvalue weighted by Crippen LogP contribution is 2.13. The first-order valence-corrected chi connectivity index (χ1v) is 5.58. The summed E-state index contributed by atoms with van der Waals surface area (Å²) in [5, 5.41) is 16.3. The lowest BCUT2D eigenvalue weighted by Crippen LogP contribution is -2.00. The molecule has 0 radical (unpaired) electrons. The maximum atomic E-state index is 8.65. The van der Waals surface area contributed by atoms with Gasteiger partial charge in [0.2, 0.25) is 0 Å². The summed E-state index contributed by atoms with van der Waals surface area (Å²) in [4.78, 5) is 0. The molecule has 0 aliphatic rings. The van der Waals surface area contributed by atoms with Gasteiger partial charge in [0.05, 0.1) is 0 Å². The van der Waals surface area contributed by atoms with Gasteiger partial charge >= 0.3 is 0 Å². The highest BCUT2D eigenvalue weighted by Gasteiger charge is 2.07. The van der Waals surface area contributed by atoms with Gasteiger partial charge in [-0.2, -0.15) is 5.26 Å². The van der Waals surface area contributed by atoms with Crippen LogP contribution in [0, 0.1) is 11.3 Å². The molecule has 1 aromatic heterocycles. The Morgan fingerprint density at radius 3 is 2.79 bits per heavy atom. The standard InChI is InChI=1S/C9H13BrN4/c1-2-3-4-5-6-14-9(10)8(7-11)12-13-14/h2-6H2,1H3. The van der Waals surface area contributed by atoms with Crippen LogP contribution in [0.2, 0.25) is 0 Å². The summed E-state index contributed by atoms with van der Waals surface area (Å²) in [6.07, 6.45) is 4.75. The van der Waals surface area contributed by atoms with Crippen LogP contribution in [0.4, 0.5) is 0 Å². The van der Waals surface area contributed by atoms with Crippen molar-refractivity contribution in [2.75, 3.05) is 0 Å². The van der Waals surface area contributed by atoms with Crippen molar-refractivity contribution in [3.05, 3.63) is 10.3 Å². The van der Waals surface area contributed by atoms with Gasteiger partial charge in [0, 0.05) is 6.54 Å². The summed E-state index contributed by atoms with van der Waals surface area (Å²) in [5.41, 5.74) is 0.362. The second-order valence-corrected chi connectivity index (χ2v) is 3.88. The van der Waals surface area contributed by atoms with Crippen LogP contribution in [-0.4, -0.2) is 15.0 Å². The molecule has 76 valence electrons. The number of hydrogen-bond acceptors (Lipinski definition) is 3. The zero-order chi connectivity index (χ0) is 10.4. The Morgan fingerprint density at radius 1 is 1.43 bits per heavy atom. The van der Waals surface area contributed by atoms with Crippen LogP contribution in [0.5, 0.6) is 0 Å². The van der Waals surface area contributed by atoms with Gasteiger partial charge in [0.1, 0.15) is 10.7 Å². The number of hydrogen-bond donors (Lipinski definition) is 0. The molecule has 0 amide bonds. The molecule has 4 nitrogen and oxygen atoms in total. The molecule has 0 spiro atoms. The second kappa shape index (κ2) is 5.76. The molecule has 0 bridgehead atoms. The normalized spacial score (nSPS) is 10.1. The number of rotatable bonds is 5. The molecule has 14 heavy (non-hydrogen) atoms. The first-order chi connectivity index (χ1) is 6.79. The Bertz CT molecular complexity index is 326. The molecule has 1 heterocycles. The molecular weight excluding hydrogens is 244 g/mol. The van der Waals surface area contributed by atoms with Gasteiger partial charge in [-0.1, -0.05) is 31.4 Å². The van der Waals surface area contributed by atoms with Crippen molar-refractivity contribution in [1.29, 1.82) is 5.26 Å². The van der Waals surface area contributed by atoms with Crippen molar-refractivity contribution < 1.29 is 0 Å². The van der Waals surface area contributed by atoms with Crippen LogP contribution in [0.1, 0.15) is 38.3 Å². The third-order valence-electron chi connectivity index (χ3n) is 2.00. The molecule has 0 saturated heterocycles. The maximum absolute atomic E-state index is 8.65. The van der Waals surface area contributed by atoms with Crippen molar-refractivity contribution in [3.8, 4) is 6.07 Å². The minimum Gasteiger partial charge on any atom is -0.237 e. The monoisotopic (exact) mass is 256 g/mol. The maximum Gasteiger partial charge on any atom is 0.197 e. The first kappa shape index (κ1) is 11.2. The fraction of sp³-hybridized carbons (Fsp3) is 0.667. The van der Waals surface area contributed by atoms with Crippen molar-refractivity contribution in [1.82, 2.24) is 15.0 Å². The highest BCUT2D eigenvalue weighted by molar-refractivity contribution is 9.10. The predicted molar refractivity (Wildman–Crippen MR) is 56.6 cm³/mol. The molecule has 0 fully saturated rings. The first-order valence-electron chi connectivity index (χ1n) is 4.78. The Morgan fingerprint density at radius 2 is 2.21 bits per heavy atom. The number of nitrogens with zero attached hydrogens (tertiary/aromatic N) is 4. The van der Waals surface area contributed by atoms with Gasteiger partial charge in [-0.3, -0.25) is 0 Å². The average molecular weight is 257 g/mol. The lowest BCUT2D eigenvalue weighted by molar-refractivity contribution is 0.520. The summed E-state index contributed by atoms with van der Waals surface area (Å²) in [7, 11) is 0. The van der Waals surface area contributed by atoms with E-state index in [4.69, 9.17) is 5.26 Å². The lowest BCUT2D eigenvalue weighted by Gasteiger charge is -2.00. The summed E-state index contributed by atoms with van der Waals surface area (Å²) < 4.78 is 2.42. The van der Waals surface area contributed by atoms with Crippen LogP contribution >= 0.6 is 15.9 Å². The average Bonchev–Trinajstić information content (AvgIpc) is 2.55. The number of unbranched alkanes of at least 4 members (excludes halogenated alkanes) is 3. The highest BCUT2D eigenvalue weighted by atomic mass is 79.9. The summed E-state index contributed by atoms with van der Waals surface area (Å²) in [6.45, 7) is 3.01. The van der Waals surface area contributed by atoms with E-state index in [2.05, 4.69) is 33.2 Å². The predicted octanol–water partition coefficient (Wildman–Crippen LogP) is 2.49. The van der Waals surface area contributed by atoms with Gasteiger partial charge in [-0.25, -0.2) is 4.68 Å². The van der Waals surface area contributed by atoms with Gasteiger partial charge in [0.15, 0.2) is 5.69 Å². The molecule has 1 aromatic rings. The molecule has 1 rings (SSSR count). The molecular formula is C9H13BrN4. The van der Waals surface area contributed by atoms with Crippen molar-refractivity contribution in [3.63, 3.8) is 0 Å². The number of aromatic nitrogens is 3. The number of aryl methyl sites for hydroxylation is 1. The third-order valence-corrected chi connectivity index (χ3v) is 2.79. The molecule has 0 aromatic carbocycles. The molecule has 0 atom stereocenters. The lowest BCUT2D eigenvalue weighted by atomic mass is 10.2. The van der Waals surface area contributed by atoms with E-state index in [0.29, 0.717) is 10.3 Å². The molecule has 0 aliphatic carbocycles. The zero-order valence-corrected chi connectivity index (χ0v) is 9.79.